The second-order valence-electron chi connectivity index (χ2n) is 8.94. The Hall–Kier alpha value is -4.06. The molecule has 0 saturated carbocycles. The number of allylic oxidation sites excluding steroid dienone is 4. The zero-order chi connectivity index (χ0) is 25.1. The summed E-state index contributed by atoms with van der Waals surface area (Å²) in [7, 11) is -3.93. The molecule has 1 heterocycles. The van der Waals surface area contributed by atoms with E-state index in [0.29, 0.717) is 17.3 Å². The number of nitriles is 2. The first-order chi connectivity index (χ1) is 16.7. The highest BCUT2D eigenvalue weighted by Crippen LogP contribution is 2.68. The molecule has 1 N–H and O–H groups in total. The average Bonchev–Trinajstić information content (AvgIpc) is 3.28. The van der Waals surface area contributed by atoms with Gasteiger partial charge in [-0.1, -0.05) is 67.6 Å². The van der Waals surface area contributed by atoms with Gasteiger partial charge in [0.15, 0.2) is 11.4 Å². The monoisotopic (exact) mass is 484 g/mol. The summed E-state index contributed by atoms with van der Waals surface area (Å²) >= 11 is 0. The lowest BCUT2D eigenvalue weighted by Gasteiger charge is -2.48. The molecule has 0 radical (unpaired) electrons. The Morgan fingerprint density at radius 3 is 2.03 bits per heavy atom. The Bertz CT molecular complexity index is 1320. The van der Waals surface area contributed by atoms with Crippen molar-refractivity contribution in [1.29, 1.82) is 10.5 Å². The van der Waals surface area contributed by atoms with Crippen LogP contribution in [-0.2, 0) is 4.57 Å². The van der Waals surface area contributed by atoms with Crippen LogP contribution in [0.5, 0.6) is 11.5 Å². The Balaban J connectivity index is 1.84. The van der Waals surface area contributed by atoms with Gasteiger partial charge in [-0.25, -0.2) is 9.55 Å². The van der Waals surface area contributed by atoms with E-state index in [0.717, 1.165) is 0 Å². The number of nitrogens with one attached hydrogen (secondary N) is 1. The molecule has 3 aromatic rings. The van der Waals surface area contributed by atoms with Gasteiger partial charge in [0.25, 0.3) is 0 Å². The van der Waals surface area contributed by atoms with Gasteiger partial charge in [-0.2, -0.15) is 10.5 Å². The van der Waals surface area contributed by atoms with E-state index in [9.17, 15) is 15.1 Å². The zero-order valence-electron chi connectivity index (χ0n) is 19.7. The number of aromatic nitrogens is 2. The van der Waals surface area contributed by atoms with Crippen molar-refractivity contribution >= 4 is 7.60 Å². The van der Waals surface area contributed by atoms with Gasteiger partial charge < -0.3 is 14.0 Å². The van der Waals surface area contributed by atoms with Crippen molar-refractivity contribution < 1.29 is 13.6 Å². The lowest BCUT2D eigenvalue weighted by molar-refractivity contribution is 0.232. The molecule has 0 aliphatic heterocycles. The van der Waals surface area contributed by atoms with Gasteiger partial charge in [-0.05, 0) is 38.1 Å². The number of H-pyrrole nitrogens is 1. The topological polar surface area (TPSA) is 112 Å². The largest absolute Gasteiger partial charge is 0.437 e. The molecular formula is C27H25N4O3P. The summed E-state index contributed by atoms with van der Waals surface area (Å²) in [6.45, 7) is 5.64. The molecule has 0 spiro atoms. The number of nitrogens with zero attached hydrogens (tertiary/aromatic N) is 3. The molecule has 0 bridgehead atoms. The minimum absolute atomic E-state index is 0.0230. The molecule has 4 rings (SSSR count). The lowest BCUT2D eigenvalue weighted by atomic mass is 9.66. The van der Waals surface area contributed by atoms with Gasteiger partial charge in [0, 0.05) is 11.3 Å². The standard InChI is InChI=1S/C27H25N4O3P/c1-26(2,27(3)17-11-10-16-22(27)25-30-23(18-28)24(19-29)31-25)35(32,33-20-12-6-4-7-13-20)34-21-14-8-5-9-15-21/h4-17,22H,1-3H3,(H,30,31). The Morgan fingerprint density at radius 2 is 1.54 bits per heavy atom. The molecule has 1 aliphatic rings. The SMILES string of the molecule is CC1(C(C)(C)P(=O)(Oc2ccccc2)Oc2ccccc2)C=CC=CC1c1nc(C#N)c(C#N)[nH]1. The van der Waals surface area contributed by atoms with E-state index in [1.165, 1.54) is 0 Å². The van der Waals surface area contributed by atoms with Crippen LogP contribution in [0.15, 0.2) is 85.0 Å². The summed E-state index contributed by atoms with van der Waals surface area (Å²) in [5.41, 5.74) is -0.734. The number of hydrogen-bond donors (Lipinski definition) is 1. The molecule has 176 valence electrons. The molecule has 2 aromatic carbocycles. The first kappa shape index (κ1) is 24.1. The van der Waals surface area contributed by atoms with E-state index in [2.05, 4.69) is 9.97 Å². The molecule has 1 aromatic heterocycles. The highest BCUT2D eigenvalue weighted by atomic mass is 31.2. The van der Waals surface area contributed by atoms with Crippen molar-refractivity contribution in [2.75, 3.05) is 0 Å². The van der Waals surface area contributed by atoms with Crippen LogP contribution >= 0.6 is 7.60 Å². The van der Waals surface area contributed by atoms with Crippen molar-refractivity contribution in [2.24, 2.45) is 5.41 Å². The Morgan fingerprint density at radius 1 is 0.971 bits per heavy atom. The Kier molecular flexibility index (Phi) is 6.39. The second kappa shape index (κ2) is 9.29. The van der Waals surface area contributed by atoms with Crippen LogP contribution in [0.3, 0.4) is 0 Å². The summed E-state index contributed by atoms with van der Waals surface area (Å²) in [6.07, 6.45) is 7.61. The van der Waals surface area contributed by atoms with Gasteiger partial charge in [-0.3, -0.25) is 0 Å². The molecule has 1 aliphatic carbocycles. The van der Waals surface area contributed by atoms with E-state index in [1.54, 1.807) is 48.5 Å². The maximum Gasteiger partial charge on any atom is 0.437 e. The molecule has 8 heteroatoms. The predicted molar refractivity (Wildman–Crippen MR) is 133 cm³/mol. The summed E-state index contributed by atoms with van der Waals surface area (Å²) < 4.78 is 27.2. The maximum atomic E-state index is 14.8. The Labute approximate surface area is 204 Å². The molecule has 35 heavy (non-hydrogen) atoms. The quantitative estimate of drug-likeness (QED) is 0.383. The molecule has 0 fully saturated rings. The van der Waals surface area contributed by atoms with Crippen molar-refractivity contribution in [3.05, 3.63) is 102 Å². The third kappa shape index (κ3) is 4.28. The van der Waals surface area contributed by atoms with E-state index in [4.69, 9.17) is 9.05 Å². The van der Waals surface area contributed by atoms with Gasteiger partial charge in [0.05, 0.1) is 5.16 Å². The first-order valence-electron chi connectivity index (χ1n) is 11.1. The summed E-state index contributed by atoms with van der Waals surface area (Å²) in [5, 5.41) is 17.7. The summed E-state index contributed by atoms with van der Waals surface area (Å²) in [4.78, 5) is 7.37. The number of para-hydroxylation sites is 2. The van der Waals surface area contributed by atoms with Crippen LogP contribution in [0.1, 0.15) is 43.9 Å². The third-order valence-corrected chi connectivity index (χ3v) is 9.43. The molecule has 7 nitrogen and oxygen atoms in total. The van der Waals surface area contributed by atoms with Crippen molar-refractivity contribution in [2.45, 2.75) is 31.8 Å². The van der Waals surface area contributed by atoms with Gasteiger partial charge in [-0.15, -0.1) is 0 Å². The summed E-state index contributed by atoms with van der Waals surface area (Å²) in [5.74, 6) is 0.836. The molecule has 2 atom stereocenters. The predicted octanol–water partition coefficient (Wildman–Crippen LogP) is 6.50. The normalized spacial score (nSPS) is 19.5. The number of imidazole rings is 1. The van der Waals surface area contributed by atoms with Crippen LogP contribution < -0.4 is 9.05 Å². The van der Waals surface area contributed by atoms with Crippen LogP contribution in [0.4, 0.5) is 0 Å². The van der Waals surface area contributed by atoms with Crippen LogP contribution in [0, 0.1) is 28.1 Å². The first-order valence-corrected chi connectivity index (χ1v) is 12.6. The van der Waals surface area contributed by atoms with Crippen LogP contribution in [0.25, 0.3) is 0 Å². The second-order valence-corrected chi connectivity index (χ2v) is 11.4. The van der Waals surface area contributed by atoms with E-state index >= 15 is 0 Å². The van der Waals surface area contributed by atoms with E-state index in [1.807, 2.05) is 69.3 Å². The minimum Gasteiger partial charge on any atom is -0.416 e. The van der Waals surface area contributed by atoms with Crippen molar-refractivity contribution in [3.63, 3.8) is 0 Å². The number of benzene rings is 2. The van der Waals surface area contributed by atoms with E-state index < -0.39 is 24.1 Å². The molecule has 0 saturated heterocycles. The van der Waals surface area contributed by atoms with Gasteiger partial charge >= 0.3 is 7.60 Å². The fraction of sp³-hybridized carbons (Fsp3) is 0.222. The van der Waals surface area contributed by atoms with Crippen molar-refractivity contribution in [1.82, 2.24) is 9.97 Å². The third-order valence-electron chi connectivity index (χ3n) is 6.68. The van der Waals surface area contributed by atoms with E-state index in [-0.39, 0.29) is 11.4 Å². The lowest BCUT2D eigenvalue weighted by Crippen LogP contribution is -2.46. The maximum absolute atomic E-state index is 14.8. The van der Waals surface area contributed by atoms with Gasteiger partial charge in [0.2, 0.25) is 0 Å². The average molecular weight is 484 g/mol. The molecule has 2 unspecified atom stereocenters. The van der Waals surface area contributed by atoms with Gasteiger partial charge in [0.1, 0.15) is 29.5 Å². The fourth-order valence-corrected chi connectivity index (χ4v) is 6.27. The van der Waals surface area contributed by atoms with Crippen LogP contribution in [0.2, 0.25) is 0 Å². The molecular weight excluding hydrogens is 459 g/mol. The molecule has 0 amide bonds. The van der Waals surface area contributed by atoms with Crippen molar-refractivity contribution in [3.8, 4) is 23.6 Å². The number of aromatic amines is 1. The smallest absolute Gasteiger partial charge is 0.416 e. The highest BCUT2D eigenvalue weighted by molar-refractivity contribution is 7.56. The fourth-order valence-electron chi connectivity index (χ4n) is 4.18. The zero-order valence-corrected chi connectivity index (χ0v) is 20.6. The highest BCUT2D eigenvalue weighted by Gasteiger charge is 2.60. The number of rotatable bonds is 7. The minimum atomic E-state index is -3.93. The summed E-state index contributed by atoms with van der Waals surface area (Å²) in [6, 6.07) is 21.8. The van der Waals surface area contributed by atoms with Crippen LogP contribution in [-0.4, -0.2) is 15.1 Å². The number of hydrogen-bond acceptors (Lipinski definition) is 6.